The fourth-order valence-corrected chi connectivity index (χ4v) is 3.15. The molecular weight excluding hydrogens is 314 g/mol. The first-order chi connectivity index (χ1) is 8.58. The molecule has 0 bridgehead atoms. The molecule has 1 aromatic rings. The van der Waals surface area contributed by atoms with E-state index in [0.717, 1.165) is 36.3 Å². The van der Waals surface area contributed by atoms with Gasteiger partial charge in [0, 0.05) is 22.6 Å². The van der Waals surface area contributed by atoms with Crippen LogP contribution in [0.1, 0.15) is 36.5 Å². The molecule has 0 N–H and O–H groups in total. The smallest absolute Gasteiger partial charge is 0.254 e. The van der Waals surface area contributed by atoms with E-state index in [2.05, 4.69) is 22.9 Å². The summed E-state index contributed by atoms with van der Waals surface area (Å²) in [6, 6.07) is 5.33. The molecule has 4 heteroatoms. The number of carbonyl (C=O) groups excluding carboxylic acids is 1. The summed E-state index contributed by atoms with van der Waals surface area (Å²) in [6.45, 7) is 3.97. The van der Waals surface area contributed by atoms with Crippen LogP contribution in [-0.4, -0.2) is 23.9 Å². The number of amides is 1. The third-order valence-corrected chi connectivity index (χ3v) is 4.36. The van der Waals surface area contributed by atoms with Crippen molar-refractivity contribution >= 4 is 33.4 Å². The Labute approximate surface area is 121 Å². The fraction of sp³-hybridized carbons (Fsp3) is 0.500. The van der Waals surface area contributed by atoms with Gasteiger partial charge in [-0.2, -0.15) is 0 Å². The largest absolute Gasteiger partial charge is 0.339 e. The van der Waals surface area contributed by atoms with Crippen LogP contribution in [0.5, 0.6) is 0 Å². The Balaban J connectivity index is 2.15. The molecule has 1 atom stereocenters. The zero-order valence-electron chi connectivity index (χ0n) is 10.5. The summed E-state index contributed by atoms with van der Waals surface area (Å²) in [6.07, 6.45) is 3.40. The van der Waals surface area contributed by atoms with Crippen LogP contribution < -0.4 is 0 Å². The predicted molar refractivity (Wildman–Crippen MR) is 78.1 cm³/mol. The van der Waals surface area contributed by atoms with Gasteiger partial charge in [-0.3, -0.25) is 4.79 Å². The Bertz CT molecular complexity index is 449. The number of rotatable bonds is 1. The second-order valence-electron chi connectivity index (χ2n) is 4.95. The average Bonchev–Trinajstić information content (AvgIpc) is 2.53. The van der Waals surface area contributed by atoms with E-state index in [9.17, 15) is 4.79 Å². The highest BCUT2D eigenvalue weighted by Gasteiger charge is 2.21. The van der Waals surface area contributed by atoms with Gasteiger partial charge in [0.2, 0.25) is 0 Å². The minimum atomic E-state index is 0.104. The molecule has 0 radical (unpaired) electrons. The van der Waals surface area contributed by atoms with Crippen LogP contribution in [0.2, 0.25) is 5.02 Å². The molecule has 98 valence electrons. The number of halogens is 2. The van der Waals surface area contributed by atoms with E-state index in [1.807, 2.05) is 4.90 Å². The summed E-state index contributed by atoms with van der Waals surface area (Å²) in [7, 11) is 0. The number of nitrogens with zero attached hydrogens (tertiary/aromatic N) is 1. The maximum atomic E-state index is 12.4. The van der Waals surface area contributed by atoms with Crippen LogP contribution in [0.4, 0.5) is 0 Å². The molecule has 2 nitrogen and oxygen atoms in total. The van der Waals surface area contributed by atoms with Crippen molar-refractivity contribution in [3.05, 3.63) is 33.3 Å². The van der Waals surface area contributed by atoms with E-state index in [1.165, 1.54) is 6.42 Å². The molecule has 1 amide bonds. The molecule has 0 spiro atoms. The highest BCUT2D eigenvalue weighted by atomic mass is 79.9. The molecule has 1 saturated heterocycles. The zero-order chi connectivity index (χ0) is 13.1. The lowest BCUT2D eigenvalue weighted by molar-refractivity contribution is 0.0759. The van der Waals surface area contributed by atoms with Gasteiger partial charge in [0.05, 0.1) is 5.56 Å². The van der Waals surface area contributed by atoms with Gasteiger partial charge < -0.3 is 4.90 Å². The van der Waals surface area contributed by atoms with Crippen LogP contribution >= 0.6 is 27.5 Å². The quantitative estimate of drug-likeness (QED) is 0.749. The number of benzene rings is 1. The van der Waals surface area contributed by atoms with Crippen LogP contribution in [0, 0.1) is 5.92 Å². The van der Waals surface area contributed by atoms with Gasteiger partial charge in [-0.25, -0.2) is 0 Å². The first-order valence-corrected chi connectivity index (χ1v) is 7.49. The summed E-state index contributed by atoms with van der Waals surface area (Å²) < 4.78 is 0.775. The van der Waals surface area contributed by atoms with E-state index >= 15 is 0 Å². The number of hydrogen-bond donors (Lipinski definition) is 0. The highest BCUT2D eigenvalue weighted by molar-refractivity contribution is 9.10. The molecule has 1 unspecified atom stereocenters. The van der Waals surface area contributed by atoms with Crippen molar-refractivity contribution in [1.29, 1.82) is 0 Å². The van der Waals surface area contributed by atoms with Crippen LogP contribution in [0.25, 0.3) is 0 Å². The molecule has 1 fully saturated rings. The van der Waals surface area contributed by atoms with Crippen LogP contribution in [0.15, 0.2) is 22.7 Å². The van der Waals surface area contributed by atoms with E-state index in [0.29, 0.717) is 10.6 Å². The van der Waals surface area contributed by atoms with Gasteiger partial charge in [0.15, 0.2) is 0 Å². The maximum absolute atomic E-state index is 12.4. The Kier molecular flexibility index (Phi) is 4.68. The summed E-state index contributed by atoms with van der Waals surface area (Å²) >= 11 is 9.31. The average molecular weight is 331 g/mol. The number of carbonyl (C=O) groups is 1. The topological polar surface area (TPSA) is 20.3 Å². The second-order valence-corrected chi connectivity index (χ2v) is 6.24. The maximum Gasteiger partial charge on any atom is 0.254 e. The van der Waals surface area contributed by atoms with Crippen molar-refractivity contribution in [3.63, 3.8) is 0 Å². The Morgan fingerprint density at radius 3 is 2.89 bits per heavy atom. The number of hydrogen-bond acceptors (Lipinski definition) is 1. The molecule has 1 aliphatic rings. The minimum Gasteiger partial charge on any atom is -0.339 e. The zero-order valence-corrected chi connectivity index (χ0v) is 12.8. The van der Waals surface area contributed by atoms with E-state index in [-0.39, 0.29) is 5.91 Å². The molecular formula is C14H17BrClNO. The monoisotopic (exact) mass is 329 g/mol. The van der Waals surface area contributed by atoms with Crippen molar-refractivity contribution in [3.8, 4) is 0 Å². The van der Waals surface area contributed by atoms with Crippen LogP contribution in [-0.2, 0) is 0 Å². The summed E-state index contributed by atoms with van der Waals surface area (Å²) in [5.41, 5.74) is 0.703. The van der Waals surface area contributed by atoms with E-state index in [1.54, 1.807) is 18.2 Å². The van der Waals surface area contributed by atoms with Crippen molar-refractivity contribution in [2.24, 2.45) is 5.92 Å². The molecule has 1 aromatic carbocycles. The summed E-state index contributed by atoms with van der Waals surface area (Å²) in [5, 5.41) is 0.642. The third kappa shape index (κ3) is 3.27. The molecule has 1 aliphatic heterocycles. The molecule has 0 saturated carbocycles. The first kappa shape index (κ1) is 13.9. The minimum absolute atomic E-state index is 0.104. The lowest BCUT2D eigenvalue weighted by Gasteiger charge is -2.21. The summed E-state index contributed by atoms with van der Waals surface area (Å²) in [5.74, 6) is 0.823. The van der Waals surface area contributed by atoms with Crippen molar-refractivity contribution in [2.45, 2.75) is 26.2 Å². The van der Waals surface area contributed by atoms with Gasteiger partial charge in [0.1, 0.15) is 0 Å². The molecule has 1 heterocycles. The highest BCUT2D eigenvalue weighted by Crippen LogP contribution is 2.24. The Morgan fingerprint density at radius 1 is 1.39 bits per heavy atom. The van der Waals surface area contributed by atoms with Gasteiger partial charge in [-0.1, -0.05) is 18.5 Å². The van der Waals surface area contributed by atoms with Gasteiger partial charge in [0.25, 0.3) is 5.91 Å². The van der Waals surface area contributed by atoms with Crippen molar-refractivity contribution in [2.75, 3.05) is 13.1 Å². The SMILES string of the molecule is CC1CCCN(C(=O)c2ccc(Cl)cc2Br)CC1. The fourth-order valence-electron chi connectivity index (χ4n) is 2.30. The van der Waals surface area contributed by atoms with Crippen molar-refractivity contribution in [1.82, 2.24) is 4.90 Å². The van der Waals surface area contributed by atoms with Gasteiger partial charge in [-0.15, -0.1) is 0 Å². The molecule has 2 rings (SSSR count). The Hall–Kier alpha value is -0.540. The van der Waals surface area contributed by atoms with E-state index in [4.69, 9.17) is 11.6 Å². The predicted octanol–water partition coefficient (Wildman–Crippen LogP) is 4.36. The third-order valence-electron chi connectivity index (χ3n) is 3.47. The van der Waals surface area contributed by atoms with E-state index < -0.39 is 0 Å². The number of likely N-dealkylation sites (tertiary alicyclic amines) is 1. The molecule has 0 aromatic heterocycles. The normalized spacial score (nSPS) is 20.6. The summed E-state index contributed by atoms with van der Waals surface area (Å²) in [4.78, 5) is 14.4. The molecule has 0 aliphatic carbocycles. The first-order valence-electron chi connectivity index (χ1n) is 6.32. The van der Waals surface area contributed by atoms with Gasteiger partial charge in [-0.05, 0) is 59.3 Å². The Morgan fingerprint density at radius 2 is 2.17 bits per heavy atom. The van der Waals surface area contributed by atoms with Crippen LogP contribution in [0.3, 0.4) is 0 Å². The van der Waals surface area contributed by atoms with Gasteiger partial charge >= 0.3 is 0 Å². The second kappa shape index (κ2) is 6.07. The lowest BCUT2D eigenvalue weighted by Crippen LogP contribution is -2.32. The van der Waals surface area contributed by atoms with Crippen molar-refractivity contribution < 1.29 is 4.79 Å². The lowest BCUT2D eigenvalue weighted by atomic mass is 10.0. The molecule has 18 heavy (non-hydrogen) atoms. The standard InChI is InChI=1S/C14H17BrClNO/c1-10-3-2-7-17(8-6-10)14(18)12-5-4-11(16)9-13(12)15/h4-5,9-10H,2-3,6-8H2,1H3.